The van der Waals surface area contributed by atoms with E-state index in [2.05, 4.69) is 23.9 Å². The van der Waals surface area contributed by atoms with Gasteiger partial charge < -0.3 is 5.11 Å². The number of rotatable bonds is 2. The monoisotopic (exact) mass is 219 g/mol. The Balaban J connectivity index is 2.71. The van der Waals surface area contributed by atoms with E-state index in [9.17, 15) is 5.11 Å². The molecular formula is C12H17N3O. The van der Waals surface area contributed by atoms with Crippen LogP contribution in [0.1, 0.15) is 45.0 Å². The molecule has 4 nitrogen and oxygen atoms in total. The first-order valence-corrected chi connectivity index (χ1v) is 5.47. The summed E-state index contributed by atoms with van der Waals surface area (Å²) >= 11 is 0. The van der Waals surface area contributed by atoms with Gasteiger partial charge in [-0.1, -0.05) is 13.8 Å². The average Bonchev–Trinajstić information content (AvgIpc) is 2.61. The Hall–Kier alpha value is -1.42. The van der Waals surface area contributed by atoms with Crippen LogP contribution >= 0.6 is 0 Å². The summed E-state index contributed by atoms with van der Waals surface area (Å²) in [6.45, 7) is 7.69. The van der Waals surface area contributed by atoms with E-state index in [4.69, 9.17) is 0 Å². The van der Waals surface area contributed by atoms with Crippen LogP contribution in [0.2, 0.25) is 0 Å². The van der Waals surface area contributed by atoms with Gasteiger partial charge in [0.05, 0.1) is 11.9 Å². The SMILES string of the molecule is CC(C)c1cc(C(C)(C)O)nc2ccnn12. The zero-order chi connectivity index (χ0) is 11.9. The van der Waals surface area contributed by atoms with E-state index in [0.717, 1.165) is 11.3 Å². The van der Waals surface area contributed by atoms with Crippen molar-refractivity contribution in [3.8, 4) is 0 Å². The van der Waals surface area contributed by atoms with E-state index in [1.807, 2.05) is 16.6 Å². The fourth-order valence-corrected chi connectivity index (χ4v) is 1.66. The minimum atomic E-state index is -0.921. The molecule has 1 N–H and O–H groups in total. The summed E-state index contributed by atoms with van der Waals surface area (Å²) in [6.07, 6.45) is 1.72. The summed E-state index contributed by atoms with van der Waals surface area (Å²) in [5, 5.41) is 14.2. The largest absolute Gasteiger partial charge is 0.384 e. The Morgan fingerprint density at radius 2 is 2.06 bits per heavy atom. The quantitative estimate of drug-likeness (QED) is 0.841. The molecule has 0 aliphatic carbocycles. The first-order chi connectivity index (χ1) is 7.39. The van der Waals surface area contributed by atoms with Crippen LogP contribution < -0.4 is 0 Å². The molecule has 86 valence electrons. The molecule has 0 fully saturated rings. The number of aromatic nitrogens is 3. The molecule has 0 saturated heterocycles. The molecule has 2 rings (SSSR count). The second-order valence-corrected chi connectivity index (χ2v) is 4.88. The highest BCUT2D eigenvalue weighted by Gasteiger charge is 2.20. The third kappa shape index (κ3) is 1.80. The van der Waals surface area contributed by atoms with Gasteiger partial charge in [0.2, 0.25) is 0 Å². The maximum Gasteiger partial charge on any atom is 0.155 e. The van der Waals surface area contributed by atoms with Crippen LogP contribution in [0.4, 0.5) is 0 Å². The minimum absolute atomic E-state index is 0.339. The van der Waals surface area contributed by atoms with Crippen LogP contribution in [0.25, 0.3) is 5.65 Å². The third-order valence-corrected chi connectivity index (χ3v) is 2.61. The lowest BCUT2D eigenvalue weighted by atomic mass is 10.0. The fourth-order valence-electron chi connectivity index (χ4n) is 1.66. The van der Waals surface area contributed by atoms with Gasteiger partial charge in [0.15, 0.2) is 5.65 Å². The molecule has 16 heavy (non-hydrogen) atoms. The first kappa shape index (κ1) is 11.1. The normalized spacial score (nSPS) is 12.6. The summed E-state index contributed by atoms with van der Waals surface area (Å²) in [5.74, 6) is 0.339. The number of hydrogen-bond acceptors (Lipinski definition) is 3. The molecule has 0 saturated carbocycles. The number of nitrogens with zero attached hydrogens (tertiary/aromatic N) is 3. The molecule has 0 aromatic carbocycles. The zero-order valence-electron chi connectivity index (χ0n) is 10.1. The Labute approximate surface area is 94.9 Å². The Bertz CT molecular complexity index is 508. The van der Waals surface area contributed by atoms with Crippen molar-refractivity contribution in [2.45, 2.75) is 39.2 Å². The van der Waals surface area contributed by atoms with Crippen molar-refractivity contribution < 1.29 is 5.11 Å². The summed E-state index contributed by atoms with van der Waals surface area (Å²) in [6, 6.07) is 3.77. The van der Waals surface area contributed by atoms with E-state index in [1.165, 1.54) is 0 Å². The molecule has 0 spiro atoms. The number of aliphatic hydroxyl groups is 1. The van der Waals surface area contributed by atoms with Gasteiger partial charge in [0, 0.05) is 11.8 Å². The van der Waals surface area contributed by atoms with Gasteiger partial charge in [-0.05, 0) is 25.8 Å². The zero-order valence-corrected chi connectivity index (χ0v) is 10.1. The van der Waals surface area contributed by atoms with Crippen LogP contribution in [0, 0.1) is 0 Å². The highest BCUT2D eigenvalue weighted by Crippen LogP contribution is 2.23. The maximum atomic E-state index is 10.0. The van der Waals surface area contributed by atoms with E-state index in [0.29, 0.717) is 11.6 Å². The molecule has 2 aromatic heterocycles. The van der Waals surface area contributed by atoms with Crippen molar-refractivity contribution in [2.24, 2.45) is 0 Å². The standard InChI is InChI=1S/C12H17N3O/c1-8(2)9-7-10(12(3,4)16)14-11-5-6-13-15(9)11/h5-8,16H,1-4H3. The molecule has 0 amide bonds. The summed E-state index contributed by atoms with van der Waals surface area (Å²) in [5.41, 5.74) is 1.61. The minimum Gasteiger partial charge on any atom is -0.384 e. The van der Waals surface area contributed by atoms with Crippen LogP contribution in [0.3, 0.4) is 0 Å². The predicted molar refractivity (Wildman–Crippen MR) is 62.3 cm³/mol. The molecular weight excluding hydrogens is 202 g/mol. The second-order valence-electron chi connectivity index (χ2n) is 4.88. The van der Waals surface area contributed by atoms with E-state index < -0.39 is 5.60 Å². The molecule has 0 aliphatic rings. The van der Waals surface area contributed by atoms with Crippen LogP contribution in [0.5, 0.6) is 0 Å². The summed E-state index contributed by atoms with van der Waals surface area (Å²) in [7, 11) is 0. The molecule has 2 aromatic rings. The topological polar surface area (TPSA) is 50.4 Å². The molecule has 2 heterocycles. The van der Waals surface area contributed by atoms with Gasteiger partial charge in [0.25, 0.3) is 0 Å². The van der Waals surface area contributed by atoms with E-state index >= 15 is 0 Å². The van der Waals surface area contributed by atoms with Crippen LogP contribution in [0.15, 0.2) is 18.3 Å². The Morgan fingerprint density at radius 1 is 1.38 bits per heavy atom. The molecule has 0 bridgehead atoms. The van der Waals surface area contributed by atoms with Gasteiger partial charge in [-0.15, -0.1) is 0 Å². The van der Waals surface area contributed by atoms with Crippen molar-refractivity contribution in [3.05, 3.63) is 29.7 Å². The van der Waals surface area contributed by atoms with Crippen LogP contribution in [-0.2, 0) is 5.60 Å². The smallest absolute Gasteiger partial charge is 0.155 e. The third-order valence-electron chi connectivity index (χ3n) is 2.61. The first-order valence-electron chi connectivity index (χ1n) is 5.47. The lowest BCUT2D eigenvalue weighted by Crippen LogP contribution is -2.19. The van der Waals surface area contributed by atoms with E-state index in [1.54, 1.807) is 20.0 Å². The highest BCUT2D eigenvalue weighted by atomic mass is 16.3. The Kier molecular flexibility index (Phi) is 2.46. The lowest BCUT2D eigenvalue weighted by molar-refractivity contribution is 0.0738. The van der Waals surface area contributed by atoms with Crippen molar-refractivity contribution in [1.29, 1.82) is 0 Å². The predicted octanol–water partition coefficient (Wildman–Crippen LogP) is 2.08. The summed E-state index contributed by atoms with van der Waals surface area (Å²) < 4.78 is 1.82. The van der Waals surface area contributed by atoms with Gasteiger partial charge in [-0.3, -0.25) is 0 Å². The number of fused-ring (bicyclic) bond motifs is 1. The van der Waals surface area contributed by atoms with E-state index in [-0.39, 0.29) is 0 Å². The lowest BCUT2D eigenvalue weighted by Gasteiger charge is -2.19. The molecule has 4 heteroatoms. The van der Waals surface area contributed by atoms with Crippen molar-refractivity contribution >= 4 is 5.65 Å². The molecule has 0 radical (unpaired) electrons. The van der Waals surface area contributed by atoms with Crippen LogP contribution in [-0.4, -0.2) is 19.7 Å². The molecule has 0 unspecified atom stereocenters. The molecule has 0 atom stereocenters. The highest BCUT2D eigenvalue weighted by molar-refractivity contribution is 5.40. The fraction of sp³-hybridized carbons (Fsp3) is 0.500. The van der Waals surface area contributed by atoms with Crippen molar-refractivity contribution in [2.75, 3.05) is 0 Å². The Morgan fingerprint density at radius 3 is 2.62 bits per heavy atom. The summed E-state index contributed by atoms with van der Waals surface area (Å²) in [4.78, 5) is 4.40. The van der Waals surface area contributed by atoms with Gasteiger partial charge in [-0.25, -0.2) is 9.50 Å². The number of hydrogen-bond donors (Lipinski definition) is 1. The van der Waals surface area contributed by atoms with Gasteiger partial charge in [0.1, 0.15) is 5.60 Å². The average molecular weight is 219 g/mol. The van der Waals surface area contributed by atoms with Gasteiger partial charge in [-0.2, -0.15) is 5.10 Å². The van der Waals surface area contributed by atoms with Crippen molar-refractivity contribution in [1.82, 2.24) is 14.6 Å². The second kappa shape index (κ2) is 3.56. The van der Waals surface area contributed by atoms with Crippen molar-refractivity contribution in [3.63, 3.8) is 0 Å². The van der Waals surface area contributed by atoms with Gasteiger partial charge >= 0.3 is 0 Å². The maximum absolute atomic E-state index is 10.0. The molecule has 0 aliphatic heterocycles.